The summed E-state index contributed by atoms with van der Waals surface area (Å²) >= 11 is 0. The lowest BCUT2D eigenvalue weighted by Crippen LogP contribution is -2.31. The van der Waals surface area contributed by atoms with E-state index >= 15 is 0 Å². The highest BCUT2D eigenvalue weighted by Crippen LogP contribution is 2.32. The summed E-state index contributed by atoms with van der Waals surface area (Å²) in [6.07, 6.45) is 2.44. The lowest BCUT2D eigenvalue weighted by atomic mass is 9.95. The van der Waals surface area contributed by atoms with E-state index in [1.54, 1.807) is 4.90 Å². The van der Waals surface area contributed by atoms with Crippen molar-refractivity contribution in [2.45, 2.75) is 45.8 Å². The van der Waals surface area contributed by atoms with E-state index < -0.39 is 0 Å². The molecule has 0 fully saturated rings. The first-order chi connectivity index (χ1) is 8.54. The first-order valence-electron chi connectivity index (χ1n) is 6.65. The van der Waals surface area contributed by atoms with Gasteiger partial charge in [0.05, 0.1) is 6.10 Å². The maximum atomic E-state index is 12.0. The van der Waals surface area contributed by atoms with Crippen LogP contribution in [-0.2, 0) is 17.8 Å². The monoisotopic (exact) mass is 250 g/mol. The van der Waals surface area contributed by atoms with Crippen molar-refractivity contribution in [3.05, 3.63) is 23.0 Å². The van der Waals surface area contributed by atoms with E-state index in [-0.39, 0.29) is 12.0 Å². The van der Waals surface area contributed by atoms with E-state index in [0.717, 1.165) is 42.8 Å². The predicted octanol–water partition coefficient (Wildman–Crippen LogP) is 1.64. The summed E-state index contributed by atoms with van der Waals surface area (Å²) in [6, 6.07) is 2.03. The molecule has 0 spiro atoms. The molecule has 4 heteroatoms. The second-order valence-electron chi connectivity index (χ2n) is 5.09. The average Bonchev–Trinajstić information content (AvgIpc) is 2.67. The normalized spacial score (nSPS) is 18.6. The van der Waals surface area contributed by atoms with Gasteiger partial charge in [0.2, 0.25) is 5.91 Å². The minimum atomic E-state index is -0.354. The molecule has 0 saturated heterocycles. The van der Waals surface area contributed by atoms with Gasteiger partial charge in [0.25, 0.3) is 0 Å². The fraction of sp³-hybridized carbons (Fsp3) is 0.643. The zero-order chi connectivity index (χ0) is 13.3. The highest BCUT2D eigenvalue weighted by Gasteiger charge is 2.24. The lowest BCUT2D eigenvalue weighted by Gasteiger charge is -2.21. The topological polar surface area (TPSA) is 45.5 Å². The third-order valence-electron chi connectivity index (χ3n) is 3.89. The highest BCUT2D eigenvalue weighted by atomic mass is 16.3. The Hall–Kier alpha value is -1.29. The quantitative estimate of drug-likeness (QED) is 0.886. The van der Waals surface area contributed by atoms with Gasteiger partial charge in [-0.05, 0) is 39.2 Å². The number of hydrogen-bond donors (Lipinski definition) is 1. The third-order valence-corrected chi connectivity index (χ3v) is 3.89. The fourth-order valence-electron chi connectivity index (χ4n) is 2.59. The summed E-state index contributed by atoms with van der Waals surface area (Å²) in [7, 11) is 1.82. The number of nitrogens with zero attached hydrogens (tertiary/aromatic N) is 2. The Morgan fingerprint density at radius 2 is 2.33 bits per heavy atom. The number of aryl methyl sites for hydroxylation is 1. The van der Waals surface area contributed by atoms with E-state index in [4.69, 9.17) is 0 Å². The first-order valence-corrected chi connectivity index (χ1v) is 6.65. The number of amides is 1. The Labute approximate surface area is 108 Å². The SMILES string of the molecule is CCN(C)C(=O)Cn1c(C)cc2c1CCCC2O. The fourth-order valence-corrected chi connectivity index (χ4v) is 2.59. The summed E-state index contributed by atoms with van der Waals surface area (Å²) in [6.45, 7) is 5.09. The van der Waals surface area contributed by atoms with Gasteiger partial charge in [0.15, 0.2) is 0 Å². The number of carbonyl (C=O) groups is 1. The smallest absolute Gasteiger partial charge is 0.242 e. The molecular weight excluding hydrogens is 228 g/mol. The zero-order valence-electron chi connectivity index (χ0n) is 11.4. The molecule has 1 heterocycles. The minimum absolute atomic E-state index is 0.124. The van der Waals surface area contributed by atoms with Crippen molar-refractivity contribution in [1.29, 1.82) is 0 Å². The summed E-state index contributed by atoms with van der Waals surface area (Å²) in [4.78, 5) is 13.7. The number of aliphatic hydroxyl groups excluding tert-OH is 1. The van der Waals surface area contributed by atoms with Crippen LogP contribution in [0.3, 0.4) is 0 Å². The number of carbonyl (C=O) groups excluding carboxylic acids is 1. The van der Waals surface area contributed by atoms with Gasteiger partial charge in [-0.25, -0.2) is 0 Å². The molecule has 0 saturated carbocycles. The highest BCUT2D eigenvalue weighted by molar-refractivity contribution is 5.76. The van der Waals surface area contributed by atoms with Crippen LogP contribution in [0.15, 0.2) is 6.07 Å². The predicted molar refractivity (Wildman–Crippen MR) is 70.4 cm³/mol. The largest absolute Gasteiger partial charge is 0.388 e. The van der Waals surface area contributed by atoms with Gasteiger partial charge in [0, 0.05) is 30.5 Å². The molecule has 2 rings (SSSR count). The van der Waals surface area contributed by atoms with Gasteiger partial charge in [-0.15, -0.1) is 0 Å². The Morgan fingerprint density at radius 1 is 1.61 bits per heavy atom. The maximum absolute atomic E-state index is 12.0. The van der Waals surface area contributed by atoms with Crippen LogP contribution in [0.4, 0.5) is 0 Å². The number of hydrogen-bond acceptors (Lipinski definition) is 2. The van der Waals surface area contributed by atoms with Gasteiger partial charge < -0.3 is 14.6 Å². The number of fused-ring (bicyclic) bond motifs is 1. The Balaban J connectivity index is 2.26. The van der Waals surface area contributed by atoms with Crippen LogP contribution < -0.4 is 0 Å². The second kappa shape index (κ2) is 5.14. The van der Waals surface area contributed by atoms with Crippen LogP contribution >= 0.6 is 0 Å². The number of rotatable bonds is 3. The van der Waals surface area contributed by atoms with Crippen molar-refractivity contribution in [1.82, 2.24) is 9.47 Å². The van der Waals surface area contributed by atoms with Gasteiger partial charge in [-0.2, -0.15) is 0 Å². The van der Waals surface area contributed by atoms with Gasteiger partial charge >= 0.3 is 0 Å². The van der Waals surface area contributed by atoms with Crippen molar-refractivity contribution < 1.29 is 9.90 Å². The minimum Gasteiger partial charge on any atom is -0.388 e. The standard InChI is InChI=1S/C14H22N2O2/c1-4-15(3)14(18)9-16-10(2)8-11-12(16)6-5-7-13(11)17/h8,13,17H,4-7,9H2,1-3H3. The number of aromatic nitrogens is 1. The summed E-state index contributed by atoms with van der Waals surface area (Å²) in [5, 5.41) is 9.98. The average molecular weight is 250 g/mol. The van der Waals surface area contributed by atoms with E-state index in [1.807, 2.05) is 27.0 Å². The van der Waals surface area contributed by atoms with E-state index in [9.17, 15) is 9.90 Å². The molecule has 1 aromatic rings. The van der Waals surface area contributed by atoms with Crippen molar-refractivity contribution in [3.63, 3.8) is 0 Å². The van der Waals surface area contributed by atoms with Crippen molar-refractivity contribution in [2.75, 3.05) is 13.6 Å². The molecular formula is C14H22N2O2. The molecule has 1 aliphatic carbocycles. The summed E-state index contributed by atoms with van der Waals surface area (Å²) < 4.78 is 2.06. The Kier molecular flexibility index (Phi) is 3.76. The molecule has 0 aliphatic heterocycles. The molecule has 1 aromatic heterocycles. The van der Waals surface area contributed by atoms with Crippen molar-refractivity contribution in [3.8, 4) is 0 Å². The van der Waals surface area contributed by atoms with Crippen LogP contribution in [0.1, 0.15) is 42.8 Å². The summed E-state index contributed by atoms with van der Waals surface area (Å²) in [5.74, 6) is 0.124. The van der Waals surface area contributed by atoms with E-state index in [1.165, 1.54) is 0 Å². The van der Waals surface area contributed by atoms with Crippen LogP contribution in [0.5, 0.6) is 0 Å². The van der Waals surface area contributed by atoms with Crippen molar-refractivity contribution in [2.24, 2.45) is 0 Å². The van der Waals surface area contributed by atoms with Crippen LogP contribution in [0.2, 0.25) is 0 Å². The lowest BCUT2D eigenvalue weighted by molar-refractivity contribution is -0.130. The molecule has 0 aromatic carbocycles. The molecule has 1 amide bonds. The Morgan fingerprint density at radius 3 is 3.00 bits per heavy atom. The number of likely N-dealkylation sites (N-methyl/N-ethyl adjacent to an activating group) is 1. The molecule has 1 N–H and O–H groups in total. The molecule has 100 valence electrons. The molecule has 18 heavy (non-hydrogen) atoms. The molecule has 0 radical (unpaired) electrons. The second-order valence-corrected chi connectivity index (χ2v) is 5.09. The molecule has 4 nitrogen and oxygen atoms in total. The number of aliphatic hydroxyl groups is 1. The molecule has 1 unspecified atom stereocenters. The van der Waals surface area contributed by atoms with Crippen LogP contribution in [0.25, 0.3) is 0 Å². The van der Waals surface area contributed by atoms with Gasteiger partial charge in [0.1, 0.15) is 6.54 Å². The Bertz CT molecular complexity index is 451. The van der Waals surface area contributed by atoms with Gasteiger partial charge in [-0.1, -0.05) is 0 Å². The molecule has 1 aliphatic rings. The molecule has 1 atom stereocenters. The third kappa shape index (κ3) is 2.29. The van der Waals surface area contributed by atoms with Gasteiger partial charge in [-0.3, -0.25) is 4.79 Å². The molecule has 0 bridgehead atoms. The summed E-state index contributed by atoms with van der Waals surface area (Å²) in [5.41, 5.74) is 3.23. The zero-order valence-corrected chi connectivity index (χ0v) is 11.4. The van der Waals surface area contributed by atoms with E-state index in [2.05, 4.69) is 4.57 Å². The van der Waals surface area contributed by atoms with Crippen LogP contribution in [-0.4, -0.2) is 34.1 Å². The van der Waals surface area contributed by atoms with E-state index in [0.29, 0.717) is 6.54 Å². The first kappa shape index (κ1) is 13.1. The maximum Gasteiger partial charge on any atom is 0.242 e. The van der Waals surface area contributed by atoms with Crippen molar-refractivity contribution >= 4 is 5.91 Å². The van der Waals surface area contributed by atoms with Crippen LogP contribution in [0, 0.1) is 6.92 Å².